The van der Waals surface area contributed by atoms with Crippen molar-refractivity contribution in [2.75, 3.05) is 12.4 Å². The molecule has 2 amide bonds. The molecule has 1 fully saturated rings. The summed E-state index contributed by atoms with van der Waals surface area (Å²) in [7, 11) is 1.54. The summed E-state index contributed by atoms with van der Waals surface area (Å²) in [4.78, 5) is 34.4. The number of nitro groups is 1. The van der Waals surface area contributed by atoms with E-state index in [-0.39, 0.29) is 29.9 Å². The summed E-state index contributed by atoms with van der Waals surface area (Å²) in [5.74, 6) is 0.676. The zero-order valence-electron chi connectivity index (χ0n) is 18.0. The number of non-ortho nitro benzene ring substituents is 1. The van der Waals surface area contributed by atoms with Crippen LogP contribution in [0.25, 0.3) is 0 Å². The molecular weight excluding hydrogens is 543 g/mol. The molecule has 3 rings (SSSR count). The maximum atomic E-state index is 13.0. The standard InChI is InChI=1S/C22H25IN4O6/c1-32-20-9-2-14(10-21(20)33-23)12-24-22(29)18-11-17(27(30)31)7-8-19(18)26-16-5-3-15(4-6-16)25-13-28/h2,7-11,13,15-16,26H,3-6,12H2,1H3,(H,24,29)(H,25,28). The number of benzene rings is 2. The number of nitrogens with one attached hydrogen (secondary N) is 3. The number of carbonyl (C=O) groups excluding carboxylic acids is 2. The van der Waals surface area contributed by atoms with E-state index < -0.39 is 10.8 Å². The highest BCUT2D eigenvalue weighted by molar-refractivity contribution is 14.1. The lowest BCUT2D eigenvalue weighted by molar-refractivity contribution is -0.384. The number of amides is 2. The van der Waals surface area contributed by atoms with Crippen molar-refractivity contribution in [2.45, 2.75) is 44.3 Å². The minimum Gasteiger partial charge on any atom is -0.493 e. The van der Waals surface area contributed by atoms with Gasteiger partial charge in [0.1, 0.15) is 0 Å². The first kappa shape index (κ1) is 24.6. The molecule has 33 heavy (non-hydrogen) atoms. The maximum Gasteiger partial charge on any atom is 0.270 e. The molecule has 0 heterocycles. The van der Waals surface area contributed by atoms with E-state index >= 15 is 0 Å². The van der Waals surface area contributed by atoms with E-state index in [1.165, 1.54) is 19.2 Å². The second-order valence-corrected chi connectivity index (χ2v) is 8.15. The summed E-state index contributed by atoms with van der Waals surface area (Å²) < 4.78 is 10.5. The lowest BCUT2D eigenvalue weighted by Crippen LogP contribution is -2.36. The van der Waals surface area contributed by atoms with Gasteiger partial charge in [-0.3, -0.25) is 19.7 Å². The lowest BCUT2D eigenvalue weighted by Gasteiger charge is -2.29. The van der Waals surface area contributed by atoms with Crippen molar-refractivity contribution in [3.63, 3.8) is 0 Å². The number of anilines is 1. The Labute approximate surface area is 205 Å². The molecule has 1 aliphatic rings. The van der Waals surface area contributed by atoms with E-state index in [1.807, 2.05) is 0 Å². The molecule has 0 aliphatic heterocycles. The number of ether oxygens (including phenoxy) is 1. The maximum absolute atomic E-state index is 13.0. The van der Waals surface area contributed by atoms with Crippen molar-refractivity contribution >= 4 is 46.7 Å². The number of rotatable bonds is 10. The molecule has 11 heteroatoms. The number of methoxy groups -OCH3 is 1. The van der Waals surface area contributed by atoms with E-state index in [0.29, 0.717) is 17.2 Å². The van der Waals surface area contributed by atoms with Gasteiger partial charge in [-0.15, -0.1) is 0 Å². The molecule has 1 aliphatic carbocycles. The van der Waals surface area contributed by atoms with Crippen LogP contribution in [0, 0.1) is 10.1 Å². The third-order valence-corrected chi connectivity index (χ3v) is 6.09. The van der Waals surface area contributed by atoms with Crippen molar-refractivity contribution in [1.29, 1.82) is 0 Å². The molecule has 2 aromatic carbocycles. The van der Waals surface area contributed by atoms with Gasteiger partial charge >= 0.3 is 0 Å². The van der Waals surface area contributed by atoms with Crippen molar-refractivity contribution in [2.24, 2.45) is 0 Å². The SMILES string of the molecule is COc1ccc(CNC(=O)c2cc([N+](=O)[O-])ccc2NC2CCC(NC=O)CC2)cc1OI. The van der Waals surface area contributed by atoms with Gasteiger partial charge in [0.25, 0.3) is 11.6 Å². The normalized spacial score (nSPS) is 17.5. The van der Waals surface area contributed by atoms with Crippen LogP contribution in [0.15, 0.2) is 36.4 Å². The molecule has 10 nitrogen and oxygen atoms in total. The predicted octanol–water partition coefficient (Wildman–Crippen LogP) is 3.73. The number of carbonyl (C=O) groups is 2. The Balaban J connectivity index is 1.73. The van der Waals surface area contributed by atoms with Gasteiger partial charge in [0.05, 0.1) is 17.6 Å². The Bertz CT molecular complexity index is 1010. The van der Waals surface area contributed by atoms with Gasteiger partial charge in [0.15, 0.2) is 34.5 Å². The van der Waals surface area contributed by atoms with Gasteiger partial charge < -0.3 is 23.8 Å². The molecule has 3 N–H and O–H groups in total. The fraction of sp³-hybridized carbons (Fsp3) is 0.364. The molecule has 0 radical (unpaired) electrons. The third kappa shape index (κ3) is 6.46. The zero-order valence-corrected chi connectivity index (χ0v) is 20.2. The molecule has 0 saturated heterocycles. The van der Waals surface area contributed by atoms with Crippen molar-refractivity contribution < 1.29 is 22.3 Å². The first-order valence-corrected chi connectivity index (χ1v) is 11.3. The van der Waals surface area contributed by atoms with E-state index in [0.717, 1.165) is 37.7 Å². The Kier molecular flexibility index (Phi) is 8.69. The van der Waals surface area contributed by atoms with Crippen molar-refractivity contribution in [3.05, 3.63) is 57.6 Å². The molecule has 0 spiro atoms. The van der Waals surface area contributed by atoms with Crippen LogP contribution in [0.3, 0.4) is 0 Å². The monoisotopic (exact) mass is 568 g/mol. The summed E-state index contributed by atoms with van der Waals surface area (Å²) in [6.45, 7) is 0.209. The highest BCUT2D eigenvalue weighted by Crippen LogP contribution is 2.30. The lowest BCUT2D eigenvalue weighted by atomic mass is 9.91. The van der Waals surface area contributed by atoms with Crippen LogP contribution in [0.4, 0.5) is 11.4 Å². The van der Waals surface area contributed by atoms with Crippen LogP contribution in [0.5, 0.6) is 11.5 Å². The average Bonchev–Trinajstić information content (AvgIpc) is 2.83. The zero-order chi connectivity index (χ0) is 23.8. The van der Waals surface area contributed by atoms with Crippen molar-refractivity contribution in [1.82, 2.24) is 10.6 Å². The minimum absolute atomic E-state index is 0.104. The van der Waals surface area contributed by atoms with Crippen LogP contribution in [0.2, 0.25) is 0 Å². The van der Waals surface area contributed by atoms with Gasteiger partial charge in [-0.05, 0) is 49.4 Å². The topological polar surface area (TPSA) is 132 Å². The highest BCUT2D eigenvalue weighted by atomic mass is 127. The van der Waals surface area contributed by atoms with Gasteiger partial charge in [-0.1, -0.05) is 6.07 Å². The Hall–Kier alpha value is -3.09. The molecule has 0 bridgehead atoms. The highest BCUT2D eigenvalue weighted by Gasteiger charge is 2.23. The van der Waals surface area contributed by atoms with Crippen LogP contribution < -0.4 is 23.8 Å². The Morgan fingerprint density at radius 2 is 1.88 bits per heavy atom. The number of nitro benzene ring substituents is 1. The van der Waals surface area contributed by atoms with E-state index in [2.05, 4.69) is 16.0 Å². The fourth-order valence-corrected chi connectivity index (χ4v) is 4.19. The second kappa shape index (κ2) is 11.7. The smallest absolute Gasteiger partial charge is 0.270 e. The van der Waals surface area contributed by atoms with E-state index in [1.54, 1.807) is 47.3 Å². The average molecular weight is 568 g/mol. The predicted molar refractivity (Wildman–Crippen MR) is 131 cm³/mol. The molecular formula is C22H25IN4O6. The largest absolute Gasteiger partial charge is 0.493 e. The summed E-state index contributed by atoms with van der Waals surface area (Å²) in [5, 5.41) is 20.3. The molecule has 0 unspecified atom stereocenters. The fourth-order valence-electron chi connectivity index (χ4n) is 3.85. The number of halogens is 1. The number of hydrogen-bond acceptors (Lipinski definition) is 7. The molecule has 2 aromatic rings. The number of hydrogen-bond donors (Lipinski definition) is 3. The Morgan fingerprint density at radius 3 is 2.52 bits per heavy atom. The van der Waals surface area contributed by atoms with Crippen LogP contribution >= 0.6 is 23.0 Å². The van der Waals surface area contributed by atoms with Crippen LogP contribution in [0.1, 0.15) is 41.6 Å². The third-order valence-electron chi connectivity index (χ3n) is 5.61. The number of nitrogens with zero attached hydrogens (tertiary/aromatic N) is 1. The van der Waals surface area contributed by atoms with Gasteiger partial charge in [0, 0.05) is 36.4 Å². The first-order chi connectivity index (χ1) is 15.9. The summed E-state index contributed by atoms with van der Waals surface area (Å²) in [6.07, 6.45) is 3.99. The van der Waals surface area contributed by atoms with Crippen LogP contribution in [-0.4, -0.2) is 36.4 Å². The Morgan fingerprint density at radius 1 is 1.15 bits per heavy atom. The molecule has 176 valence electrons. The van der Waals surface area contributed by atoms with E-state index in [9.17, 15) is 19.7 Å². The van der Waals surface area contributed by atoms with Crippen LogP contribution in [-0.2, 0) is 11.3 Å². The second-order valence-electron chi connectivity index (χ2n) is 7.71. The van der Waals surface area contributed by atoms with Gasteiger partial charge in [-0.25, -0.2) is 0 Å². The summed E-state index contributed by atoms with van der Waals surface area (Å²) in [5.41, 5.74) is 1.37. The molecule has 0 atom stereocenters. The molecule has 0 aromatic heterocycles. The quantitative estimate of drug-likeness (QED) is 0.172. The summed E-state index contributed by atoms with van der Waals surface area (Å²) >= 11 is 1.76. The minimum atomic E-state index is -0.523. The van der Waals surface area contributed by atoms with Gasteiger partial charge in [0.2, 0.25) is 6.41 Å². The van der Waals surface area contributed by atoms with Gasteiger partial charge in [-0.2, -0.15) is 0 Å². The van der Waals surface area contributed by atoms with E-state index in [4.69, 9.17) is 7.80 Å². The molecule has 1 saturated carbocycles. The van der Waals surface area contributed by atoms with Crippen molar-refractivity contribution in [3.8, 4) is 11.5 Å². The first-order valence-electron chi connectivity index (χ1n) is 10.4. The summed E-state index contributed by atoms with van der Waals surface area (Å²) in [6, 6.07) is 9.79.